The molecule has 0 saturated heterocycles. The van der Waals surface area contributed by atoms with E-state index in [0.29, 0.717) is 29.7 Å². The zero-order valence-electron chi connectivity index (χ0n) is 13.0. The van der Waals surface area contributed by atoms with Crippen LogP contribution in [0.15, 0.2) is 47.1 Å². The fourth-order valence-corrected chi connectivity index (χ4v) is 3.30. The molecule has 2 aliphatic rings. The molecule has 0 aromatic heterocycles. The second kappa shape index (κ2) is 5.24. The predicted molar refractivity (Wildman–Crippen MR) is 82.1 cm³/mol. The number of rotatable bonds is 1. The van der Waals surface area contributed by atoms with Crippen LogP contribution in [0.25, 0.3) is 0 Å². The highest BCUT2D eigenvalue weighted by molar-refractivity contribution is 6.00. The molecule has 0 bridgehead atoms. The summed E-state index contributed by atoms with van der Waals surface area (Å²) in [6, 6.07) is 7.92. The normalized spacial score (nSPS) is 23.2. The van der Waals surface area contributed by atoms with Crippen LogP contribution in [0.3, 0.4) is 0 Å². The van der Waals surface area contributed by atoms with Gasteiger partial charge >= 0.3 is 0 Å². The number of hydrogen-bond donors (Lipinski definition) is 1. The summed E-state index contributed by atoms with van der Waals surface area (Å²) in [4.78, 5) is 12.7. The summed E-state index contributed by atoms with van der Waals surface area (Å²) in [5, 5.41) is 9.45. The lowest BCUT2D eigenvalue weighted by Gasteiger charge is -2.37. The van der Waals surface area contributed by atoms with E-state index in [2.05, 4.69) is 0 Å². The fourth-order valence-electron chi connectivity index (χ4n) is 3.30. The molecule has 5 heteroatoms. The number of hydrogen-bond acceptors (Lipinski definition) is 4. The molecule has 4 nitrogen and oxygen atoms in total. The Morgan fingerprint density at radius 3 is 2.78 bits per heavy atom. The molecule has 1 aromatic carbocycles. The van der Waals surface area contributed by atoms with Gasteiger partial charge in [0.15, 0.2) is 5.78 Å². The SMILES string of the molecule is CC1(C)CC(=O)C2=C(C1)OC(N)=C(C#N)[C@H]2c1cccc(F)c1. The number of Topliss-reactive ketones (excluding diaryl/α,β-unsaturated/α-hetero) is 1. The minimum absolute atomic E-state index is 0.00832. The standard InChI is InChI=1S/C18H17FN2O2/c1-18(2)7-13(22)16-14(8-18)23-17(21)12(9-20)15(16)10-4-3-5-11(19)6-10/h3-6,15H,7-8,21H2,1-2H3/t15-/m1/s1. The van der Waals surface area contributed by atoms with Crippen molar-refractivity contribution in [2.24, 2.45) is 11.1 Å². The van der Waals surface area contributed by atoms with Crippen LogP contribution < -0.4 is 5.73 Å². The van der Waals surface area contributed by atoms with Crippen molar-refractivity contribution >= 4 is 5.78 Å². The van der Waals surface area contributed by atoms with Crippen molar-refractivity contribution in [3.8, 4) is 6.07 Å². The van der Waals surface area contributed by atoms with Crippen molar-refractivity contribution in [2.75, 3.05) is 0 Å². The molecule has 0 spiro atoms. The molecule has 1 aliphatic carbocycles. The molecule has 1 heterocycles. The van der Waals surface area contributed by atoms with E-state index in [4.69, 9.17) is 10.5 Å². The molecule has 0 unspecified atom stereocenters. The number of nitrogens with zero attached hydrogens (tertiary/aromatic N) is 1. The summed E-state index contributed by atoms with van der Waals surface area (Å²) in [5.41, 5.74) is 6.78. The molecule has 118 valence electrons. The average molecular weight is 312 g/mol. The van der Waals surface area contributed by atoms with Gasteiger partial charge in [0.05, 0.1) is 5.92 Å². The van der Waals surface area contributed by atoms with Crippen LogP contribution in [-0.2, 0) is 9.53 Å². The predicted octanol–water partition coefficient (Wildman–Crippen LogP) is 3.28. The molecular formula is C18H17FN2O2. The van der Waals surface area contributed by atoms with Crippen LogP contribution in [0.4, 0.5) is 4.39 Å². The number of carbonyl (C=O) groups is 1. The Labute approximate surface area is 134 Å². The smallest absolute Gasteiger partial charge is 0.205 e. The van der Waals surface area contributed by atoms with Gasteiger partial charge in [0.25, 0.3) is 0 Å². The first-order valence-electron chi connectivity index (χ1n) is 7.42. The monoisotopic (exact) mass is 312 g/mol. The van der Waals surface area contributed by atoms with Gasteiger partial charge in [-0.2, -0.15) is 5.26 Å². The lowest BCUT2D eigenvalue weighted by molar-refractivity contribution is -0.119. The van der Waals surface area contributed by atoms with E-state index in [9.17, 15) is 14.4 Å². The van der Waals surface area contributed by atoms with Gasteiger partial charge in [0, 0.05) is 18.4 Å². The molecule has 23 heavy (non-hydrogen) atoms. The molecular weight excluding hydrogens is 295 g/mol. The van der Waals surface area contributed by atoms with Crippen LogP contribution in [0, 0.1) is 22.6 Å². The van der Waals surface area contributed by atoms with Crippen molar-refractivity contribution in [1.82, 2.24) is 0 Å². The van der Waals surface area contributed by atoms with Gasteiger partial charge in [0.1, 0.15) is 23.2 Å². The molecule has 0 radical (unpaired) electrons. The van der Waals surface area contributed by atoms with E-state index in [1.807, 2.05) is 19.9 Å². The van der Waals surface area contributed by atoms with Crippen molar-refractivity contribution in [3.05, 3.63) is 58.4 Å². The quantitative estimate of drug-likeness (QED) is 0.863. The van der Waals surface area contributed by atoms with E-state index < -0.39 is 11.7 Å². The Morgan fingerprint density at radius 2 is 2.13 bits per heavy atom. The number of carbonyl (C=O) groups excluding carboxylic acids is 1. The largest absolute Gasteiger partial charge is 0.444 e. The number of ether oxygens (including phenoxy) is 1. The van der Waals surface area contributed by atoms with Gasteiger partial charge in [-0.1, -0.05) is 26.0 Å². The molecule has 0 amide bonds. The topological polar surface area (TPSA) is 76.1 Å². The molecule has 1 aromatic rings. The summed E-state index contributed by atoms with van der Waals surface area (Å²) in [7, 11) is 0. The Bertz CT molecular complexity index is 799. The first-order chi connectivity index (χ1) is 10.8. The Kier molecular flexibility index (Phi) is 3.48. The maximum atomic E-state index is 13.6. The number of halogens is 1. The lowest BCUT2D eigenvalue weighted by atomic mass is 9.70. The van der Waals surface area contributed by atoms with E-state index in [0.717, 1.165) is 0 Å². The summed E-state index contributed by atoms with van der Waals surface area (Å²) in [5.74, 6) is -0.674. The Hall–Kier alpha value is -2.61. The molecule has 0 fully saturated rings. The van der Waals surface area contributed by atoms with Crippen molar-refractivity contribution < 1.29 is 13.9 Å². The fraction of sp³-hybridized carbons (Fsp3) is 0.333. The van der Waals surface area contributed by atoms with Crippen molar-refractivity contribution in [1.29, 1.82) is 5.26 Å². The van der Waals surface area contributed by atoms with Gasteiger partial charge in [0.2, 0.25) is 5.88 Å². The highest BCUT2D eigenvalue weighted by atomic mass is 19.1. The van der Waals surface area contributed by atoms with E-state index in [1.54, 1.807) is 12.1 Å². The first kappa shape index (κ1) is 15.3. The Morgan fingerprint density at radius 1 is 1.39 bits per heavy atom. The summed E-state index contributed by atoms with van der Waals surface area (Å²) < 4.78 is 19.2. The number of nitrogens with two attached hydrogens (primary N) is 1. The summed E-state index contributed by atoms with van der Waals surface area (Å²) >= 11 is 0. The third-order valence-corrected chi connectivity index (χ3v) is 4.26. The third-order valence-electron chi connectivity index (χ3n) is 4.26. The number of benzene rings is 1. The molecule has 1 aliphatic heterocycles. The maximum absolute atomic E-state index is 13.6. The minimum atomic E-state index is -0.664. The maximum Gasteiger partial charge on any atom is 0.205 e. The highest BCUT2D eigenvalue weighted by Crippen LogP contribution is 2.47. The second-order valence-corrected chi connectivity index (χ2v) is 6.76. The van der Waals surface area contributed by atoms with Crippen LogP contribution in [0.2, 0.25) is 0 Å². The third kappa shape index (κ3) is 2.61. The molecule has 3 rings (SSSR count). The van der Waals surface area contributed by atoms with Crippen LogP contribution in [0.1, 0.15) is 38.2 Å². The highest BCUT2D eigenvalue weighted by Gasteiger charge is 2.42. The van der Waals surface area contributed by atoms with Gasteiger partial charge < -0.3 is 10.5 Å². The average Bonchev–Trinajstić information content (AvgIpc) is 2.44. The van der Waals surface area contributed by atoms with E-state index in [-0.39, 0.29) is 22.7 Å². The summed E-state index contributed by atoms with van der Waals surface area (Å²) in [6.07, 6.45) is 0.916. The lowest BCUT2D eigenvalue weighted by Crippen LogP contribution is -2.33. The van der Waals surface area contributed by atoms with Crippen molar-refractivity contribution in [2.45, 2.75) is 32.6 Å². The minimum Gasteiger partial charge on any atom is -0.444 e. The van der Waals surface area contributed by atoms with Crippen LogP contribution in [0.5, 0.6) is 0 Å². The van der Waals surface area contributed by atoms with Crippen LogP contribution in [-0.4, -0.2) is 5.78 Å². The second-order valence-electron chi connectivity index (χ2n) is 6.76. The number of ketones is 1. The number of nitriles is 1. The van der Waals surface area contributed by atoms with Gasteiger partial charge in [-0.3, -0.25) is 4.79 Å². The van der Waals surface area contributed by atoms with Gasteiger partial charge in [-0.05, 0) is 23.1 Å². The molecule has 1 atom stereocenters. The zero-order valence-corrected chi connectivity index (χ0v) is 13.0. The van der Waals surface area contributed by atoms with Gasteiger partial charge in [-0.15, -0.1) is 0 Å². The summed E-state index contributed by atoms with van der Waals surface area (Å²) in [6.45, 7) is 3.96. The zero-order chi connectivity index (χ0) is 16.8. The van der Waals surface area contributed by atoms with E-state index >= 15 is 0 Å². The molecule has 2 N–H and O–H groups in total. The van der Waals surface area contributed by atoms with Gasteiger partial charge in [-0.25, -0.2) is 4.39 Å². The van der Waals surface area contributed by atoms with Crippen molar-refractivity contribution in [3.63, 3.8) is 0 Å². The number of allylic oxidation sites excluding steroid dienone is 3. The van der Waals surface area contributed by atoms with E-state index in [1.165, 1.54) is 12.1 Å². The molecule has 0 saturated carbocycles. The van der Waals surface area contributed by atoms with Crippen LogP contribution >= 0.6 is 0 Å². The first-order valence-corrected chi connectivity index (χ1v) is 7.42. The Balaban J connectivity index is 2.19.